The van der Waals surface area contributed by atoms with Gasteiger partial charge in [-0.25, -0.2) is 8.42 Å². The quantitative estimate of drug-likeness (QED) is 0.858. The maximum absolute atomic E-state index is 12.1. The van der Waals surface area contributed by atoms with E-state index in [9.17, 15) is 13.2 Å². The maximum atomic E-state index is 12.1. The SMILES string of the molecule is CS(=O)(=O)CCC(=O)N1CCCc2cc(Cl)ccc21. The van der Waals surface area contributed by atoms with Crippen molar-refractivity contribution in [2.75, 3.05) is 23.5 Å². The summed E-state index contributed by atoms with van der Waals surface area (Å²) in [5.41, 5.74) is 1.90. The zero-order valence-electron chi connectivity index (χ0n) is 10.7. The molecule has 0 saturated heterocycles. The van der Waals surface area contributed by atoms with Gasteiger partial charge >= 0.3 is 0 Å². The van der Waals surface area contributed by atoms with Crippen LogP contribution in [0, 0.1) is 0 Å². The van der Waals surface area contributed by atoms with Crippen molar-refractivity contribution in [1.82, 2.24) is 0 Å². The van der Waals surface area contributed by atoms with Crippen molar-refractivity contribution in [1.29, 1.82) is 0 Å². The summed E-state index contributed by atoms with van der Waals surface area (Å²) in [6, 6.07) is 5.45. The third-order valence-corrected chi connectivity index (χ3v) is 4.33. The van der Waals surface area contributed by atoms with Crippen molar-refractivity contribution >= 4 is 33.0 Å². The zero-order chi connectivity index (χ0) is 14.0. The molecule has 1 aromatic carbocycles. The maximum Gasteiger partial charge on any atom is 0.228 e. The number of carbonyl (C=O) groups excluding carboxylic acids is 1. The van der Waals surface area contributed by atoms with Crippen LogP contribution >= 0.6 is 11.6 Å². The number of halogens is 1. The Morgan fingerprint density at radius 1 is 1.42 bits per heavy atom. The van der Waals surface area contributed by atoms with Crippen LogP contribution in [0.5, 0.6) is 0 Å². The highest BCUT2D eigenvalue weighted by Gasteiger charge is 2.23. The van der Waals surface area contributed by atoms with Gasteiger partial charge in [0.15, 0.2) is 0 Å². The normalized spacial score (nSPS) is 15.2. The van der Waals surface area contributed by atoms with E-state index in [0.29, 0.717) is 11.6 Å². The Labute approximate surface area is 118 Å². The van der Waals surface area contributed by atoms with Crippen molar-refractivity contribution in [3.8, 4) is 0 Å². The average Bonchev–Trinajstić information content (AvgIpc) is 2.34. The number of carbonyl (C=O) groups is 1. The molecular weight excluding hydrogens is 286 g/mol. The number of rotatable bonds is 3. The summed E-state index contributed by atoms with van der Waals surface area (Å²) >= 11 is 5.94. The van der Waals surface area contributed by atoms with Crippen LogP contribution in [0.2, 0.25) is 5.02 Å². The monoisotopic (exact) mass is 301 g/mol. The van der Waals surface area contributed by atoms with Crippen LogP contribution < -0.4 is 4.90 Å². The second-order valence-electron chi connectivity index (χ2n) is 4.80. The summed E-state index contributed by atoms with van der Waals surface area (Å²) in [5.74, 6) is -0.251. The fourth-order valence-corrected chi connectivity index (χ4v) is 2.97. The molecule has 6 heteroatoms. The van der Waals surface area contributed by atoms with Crippen molar-refractivity contribution in [3.63, 3.8) is 0 Å². The van der Waals surface area contributed by atoms with E-state index in [2.05, 4.69) is 0 Å². The van der Waals surface area contributed by atoms with Gasteiger partial charge in [0, 0.05) is 29.9 Å². The lowest BCUT2D eigenvalue weighted by atomic mass is 10.0. The van der Waals surface area contributed by atoms with E-state index in [1.165, 1.54) is 0 Å². The number of fused-ring (bicyclic) bond motifs is 1. The Kier molecular flexibility index (Phi) is 4.16. The molecule has 0 bridgehead atoms. The fourth-order valence-electron chi connectivity index (χ4n) is 2.23. The first-order chi connectivity index (χ1) is 8.87. The highest BCUT2D eigenvalue weighted by Crippen LogP contribution is 2.30. The number of anilines is 1. The van der Waals surface area contributed by atoms with Gasteiger partial charge in [-0.05, 0) is 36.6 Å². The van der Waals surface area contributed by atoms with Crippen LogP contribution in [0.4, 0.5) is 5.69 Å². The Morgan fingerprint density at radius 2 is 2.16 bits per heavy atom. The van der Waals surface area contributed by atoms with Gasteiger partial charge in [0.1, 0.15) is 9.84 Å². The number of nitrogens with zero attached hydrogens (tertiary/aromatic N) is 1. The first-order valence-electron chi connectivity index (χ1n) is 6.13. The summed E-state index contributed by atoms with van der Waals surface area (Å²) in [5, 5.41) is 0.657. The second kappa shape index (κ2) is 5.51. The molecule has 1 aromatic rings. The highest BCUT2D eigenvalue weighted by molar-refractivity contribution is 7.90. The predicted molar refractivity (Wildman–Crippen MR) is 76.5 cm³/mol. The molecule has 0 N–H and O–H groups in total. The minimum Gasteiger partial charge on any atom is -0.312 e. The minimum atomic E-state index is -3.11. The molecule has 0 radical (unpaired) electrons. The Morgan fingerprint density at radius 3 is 2.84 bits per heavy atom. The van der Waals surface area contributed by atoms with Gasteiger partial charge in [-0.15, -0.1) is 0 Å². The van der Waals surface area contributed by atoms with Crippen LogP contribution in [0.1, 0.15) is 18.4 Å². The molecule has 1 heterocycles. The Balaban J connectivity index is 2.17. The zero-order valence-corrected chi connectivity index (χ0v) is 12.3. The number of benzene rings is 1. The average molecular weight is 302 g/mol. The van der Waals surface area contributed by atoms with E-state index in [0.717, 1.165) is 30.3 Å². The highest BCUT2D eigenvalue weighted by atomic mass is 35.5. The number of sulfone groups is 1. The molecule has 0 unspecified atom stereocenters. The van der Waals surface area contributed by atoms with Crippen molar-refractivity contribution < 1.29 is 13.2 Å². The van der Waals surface area contributed by atoms with Crippen LogP contribution in [0.3, 0.4) is 0 Å². The van der Waals surface area contributed by atoms with Crippen LogP contribution in [-0.4, -0.2) is 32.9 Å². The molecule has 4 nitrogen and oxygen atoms in total. The molecule has 0 spiro atoms. The van der Waals surface area contributed by atoms with Gasteiger partial charge in [0.2, 0.25) is 5.91 Å². The second-order valence-corrected chi connectivity index (χ2v) is 7.50. The third-order valence-electron chi connectivity index (χ3n) is 3.15. The van der Waals surface area contributed by atoms with Gasteiger partial charge in [0.05, 0.1) is 5.75 Å². The molecule has 2 rings (SSSR count). The molecule has 1 aliphatic heterocycles. The van der Waals surface area contributed by atoms with Gasteiger partial charge < -0.3 is 4.90 Å². The summed E-state index contributed by atoms with van der Waals surface area (Å²) in [4.78, 5) is 13.8. The number of hydrogen-bond donors (Lipinski definition) is 0. The lowest BCUT2D eigenvalue weighted by Gasteiger charge is -2.29. The molecule has 0 atom stereocenters. The smallest absolute Gasteiger partial charge is 0.228 e. The molecular formula is C13H16ClNO3S. The van der Waals surface area contributed by atoms with E-state index in [4.69, 9.17) is 11.6 Å². The summed E-state index contributed by atoms with van der Waals surface area (Å²) in [7, 11) is -3.11. The Hall–Kier alpha value is -1.07. The van der Waals surface area contributed by atoms with E-state index < -0.39 is 9.84 Å². The van der Waals surface area contributed by atoms with E-state index in [1.807, 2.05) is 12.1 Å². The summed E-state index contributed by atoms with van der Waals surface area (Å²) in [6.07, 6.45) is 2.94. The molecule has 19 heavy (non-hydrogen) atoms. The van der Waals surface area contributed by atoms with Crippen LogP contribution in [-0.2, 0) is 21.1 Å². The summed E-state index contributed by atoms with van der Waals surface area (Å²) in [6.45, 7) is 0.636. The van der Waals surface area contributed by atoms with Gasteiger partial charge in [0.25, 0.3) is 0 Å². The molecule has 0 aromatic heterocycles. The fraction of sp³-hybridized carbons (Fsp3) is 0.462. The van der Waals surface area contributed by atoms with Gasteiger partial charge in [-0.2, -0.15) is 0 Å². The van der Waals surface area contributed by atoms with Crippen LogP contribution in [0.15, 0.2) is 18.2 Å². The van der Waals surface area contributed by atoms with E-state index in [-0.39, 0.29) is 18.1 Å². The van der Waals surface area contributed by atoms with Gasteiger partial charge in [-0.1, -0.05) is 11.6 Å². The first-order valence-corrected chi connectivity index (χ1v) is 8.57. The van der Waals surface area contributed by atoms with Crippen molar-refractivity contribution in [2.24, 2.45) is 0 Å². The van der Waals surface area contributed by atoms with E-state index >= 15 is 0 Å². The topological polar surface area (TPSA) is 54.5 Å². The molecule has 1 aliphatic rings. The predicted octanol–water partition coefficient (Wildman–Crippen LogP) is 2.05. The summed E-state index contributed by atoms with van der Waals surface area (Å²) < 4.78 is 22.2. The molecule has 104 valence electrons. The molecule has 1 amide bonds. The largest absolute Gasteiger partial charge is 0.312 e. The molecule has 0 fully saturated rings. The first kappa shape index (κ1) is 14.3. The standard InChI is InChI=1S/C13H16ClNO3S/c1-19(17,18)8-6-13(16)15-7-2-3-10-9-11(14)4-5-12(10)15/h4-5,9H,2-3,6-8H2,1H3. The van der Waals surface area contributed by atoms with Crippen molar-refractivity contribution in [2.45, 2.75) is 19.3 Å². The minimum absolute atomic E-state index is 0.0287. The lowest BCUT2D eigenvalue weighted by molar-refractivity contribution is -0.118. The number of amides is 1. The third kappa shape index (κ3) is 3.70. The van der Waals surface area contributed by atoms with Crippen LogP contribution in [0.25, 0.3) is 0 Å². The molecule has 0 saturated carbocycles. The number of hydrogen-bond acceptors (Lipinski definition) is 3. The lowest BCUT2D eigenvalue weighted by Crippen LogP contribution is -2.36. The van der Waals surface area contributed by atoms with Gasteiger partial charge in [-0.3, -0.25) is 4.79 Å². The van der Waals surface area contributed by atoms with E-state index in [1.54, 1.807) is 11.0 Å². The number of aryl methyl sites for hydroxylation is 1. The Bertz CT molecular complexity index is 598. The molecule has 0 aliphatic carbocycles. The van der Waals surface area contributed by atoms with Crippen molar-refractivity contribution in [3.05, 3.63) is 28.8 Å².